The molecule has 0 spiro atoms. The van der Waals surface area contributed by atoms with Gasteiger partial charge in [-0.05, 0) is 32.0 Å². The Labute approximate surface area is 137 Å². The highest BCUT2D eigenvalue weighted by Crippen LogP contribution is 2.24. The summed E-state index contributed by atoms with van der Waals surface area (Å²) in [5.74, 6) is 0. The van der Waals surface area contributed by atoms with Gasteiger partial charge in [-0.2, -0.15) is 0 Å². The third kappa shape index (κ3) is 2.68. The van der Waals surface area contributed by atoms with Crippen LogP contribution in [-0.2, 0) is 6.54 Å². The van der Waals surface area contributed by atoms with Gasteiger partial charge in [-0.15, -0.1) is 0 Å². The van der Waals surface area contributed by atoms with Crippen molar-refractivity contribution in [1.82, 2.24) is 14.5 Å². The van der Waals surface area contributed by atoms with Crippen molar-refractivity contribution in [3.8, 4) is 0 Å². The summed E-state index contributed by atoms with van der Waals surface area (Å²) in [5, 5.41) is 0.975. The molecule has 116 valence electrons. The smallest absolute Gasteiger partial charge is 0.277 e. The number of benzene rings is 1. The minimum Gasteiger partial charge on any atom is -0.349 e. The Balaban J connectivity index is 2.02. The van der Waals surface area contributed by atoms with Gasteiger partial charge >= 0.3 is 0 Å². The molecule has 2 N–H and O–H groups in total. The van der Waals surface area contributed by atoms with Crippen LogP contribution in [0, 0.1) is 0 Å². The van der Waals surface area contributed by atoms with Gasteiger partial charge in [0.05, 0.1) is 32.5 Å². The first-order chi connectivity index (χ1) is 10.6. The molecule has 2 aromatic heterocycles. The molecular weight excluding hydrogens is 344 g/mol. The van der Waals surface area contributed by atoms with Crippen molar-refractivity contribution < 1.29 is 4.90 Å². The van der Waals surface area contributed by atoms with Gasteiger partial charge in [0.2, 0.25) is 0 Å². The number of nitrogens with one attached hydrogen (secondary N) is 2. The number of likely N-dealkylation sites (N-methyl/N-ethyl adjacent to an activating group) is 1. The minimum absolute atomic E-state index is 0.00359. The van der Waals surface area contributed by atoms with Gasteiger partial charge in [0.25, 0.3) is 5.56 Å². The highest BCUT2D eigenvalue weighted by Gasteiger charge is 2.12. The van der Waals surface area contributed by atoms with Gasteiger partial charge in [-0.3, -0.25) is 9.36 Å². The summed E-state index contributed by atoms with van der Waals surface area (Å²) in [5.41, 5.74) is 2.27. The number of rotatable bonds is 5. The van der Waals surface area contributed by atoms with E-state index in [9.17, 15) is 4.79 Å². The zero-order chi connectivity index (χ0) is 15.7. The van der Waals surface area contributed by atoms with Crippen LogP contribution in [-0.4, -0.2) is 34.2 Å². The van der Waals surface area contributed by atoms with Crippen LogP contribution in [0.3, 0.4) is 0 Å². The van der Waals surface area contributed by atoms with Crippen molar-refractivity contribution in [2.75, 3.05) is 19.6 Å². The van der Waals surface area contributed by atoms with Crippen LogP contribution >= 0.6 is 15.9 Å². The van der Waals surface area contributed by atoms with Gasteiger partial charge < -0.3 is 9.88 Å². The number of aromatic amines is 1. The lowest BCUT2D eigenvalue weighted by molar-refractivity contribution is -0.897. The molecule has 0 aliphatic heterocycles. The summed E-state index contributed by atoms with van der Waals surface area (Å²) in [6, 6.07) is 5.91. The molecule has 6 heteroatoms. The van der Waals surface area contributed by atoms with E-state index in [1.54, 1.807) is 10.9 Å². The van der Waals surface area contributed by atoms with Gasteiger partial charge in [-0.25, -0.2) is 4.98 Å². The number of fused-ring (bicyclic) bond motifs is 3. The quantitative estimate of drug-likeness (QED) is 0.722. The third-order valence-electron chi connectivity index (χ3n) is 4.24. The molecule has 3 aromatic rings. The SMILES string of the molecule is CC[NH+](CC)CCn1cnc2c([nH]c3ccc(Br)cc32)c1=O. The second-order valence-electron chi connectivity index (χ2n) is 5.49. The number of aromatic nitrogens is 3. The molecule has 0 aliphatic rings. The highest BCUT2D eigenvalue weighted by atomic mass is 79.9. The maximum Gasteiger partial charge on any atom is 0.277 e. The molecule has 22 heavy (non-hydrogen) atoms. The Kier molecular flexibility index (Phi) is 4.31. The van der Waals surface area contributed by atoms with E-state index in [1.807, 2.05) is 18.2 Å². The normalized spacial score (nSPS) is 11.8. The van der Waals surface area contributed by atoms with Crippen LogP contribution in [0.5, 0.6) is 0 Å². The van der Waals surface area contributed by atoms with E-state index in [-0.39, 0.29) is 5.56 Å². The molecule has 5 nitrogen and oxygen atoms in total. The topological polar surface area (TPSA) is 55.1 Å². The maximum atomic E-state index is 12.6. The second kappa shape index (κ2) is 6.22. The predicted octanol–water partition coefficient (Wildman–Crippen LogP) is 1.57. The van der Waals surface area contributed by atoms with Crippen LogP contribution in [0.2, 0.25) is 0 Å². The Hall–Kier alpha value is -1.66. The highest BCUT2D eigenvalue weighted by molar-refractivity contribution is 9.10. The molecule has 0 saturated heterocycles. The minimum atomic E-state index is 0.00359. The van der Waals surface area contributed by atoms with Crippen LogP contribution in [0.1, 0.15) is 13.8 Å². The fourth-order valence-corrected chi connectivity index (χ4v) is 3.16. The zero-order valence-electron chi connectivity index (χ0n) is 12.8. The van der Waals surface area contributed by atoms with E-state index in [0.717, 1.165) is 40.5 Å². The number of quaternary nitrogens is 1. The molecular formula is C16H20BrN4O+. The Morgan fingerprint density at radius 3 is 2.82 bits per heavy atom. The van der Waals surface area contributed by atoms with Crippen molar-refractivity contribution >= 4 is 37.9 Å². The van der Waals surface area contributed by atoms with E-state index in [2.05, 4.69) is 39.7 Å². The van der Waals surface area contributed by atoms with E-state index in [4.69, 9.17) is 0 Å². The molecule has 0 atom stereocenters. The third-order valence-corrected chi connectivity index (χ3v) is 4.73. The van der Waals surface area contributed by atoms with E-state index >= 15 is 0 Å². The Morgan fingerprint density at radius 2 is 2.09 bits per heavy atom. The van der Waals surface area contributed by atoms with Gasteiger partial charge in [-0.1, -0.05) is 15.9 Å². The van der Waals surface area contributed by atoms with E-state index in [1.165, 1.54) is 4.90 Å². The number of halogens is 1. The molecule has 0 unspecified atom stereocenters. The lowest BCUT2D eigenvalue weighted by Crippen LogP contribution is -3.11. The molecule has 2 heterocycles. The van der Waals surface area contributed by atoms with Crippen LogP contribution < -0.4 is 10.5 Å². The summed E-state index contributed by atoms with van der Waals surface area (Å²) < 4.78 is 2.69. The van der Waals surface area contributed by atoms with Crippen molar-refractivity contribution in [2.24, 2.45) is 0 Å². The molecule has 3 rings (SSSR count). The van der Waals surface area contributed by atoms with E-state index < -0.39 is 0 Å². The summed E-state index contributed by atoms with van der Waals surface area (Å²) in [6.45, 7) is 8.10. The van der Waals surface area contributed by atoms with Gasteiger partial charge in [0.1, 0.15) is 11.0 Å². The standard InChI is InChI=1S/C16H19BrN4O/c1-3-20(4-2)7-8-21-10-18-14-12-9-11(17)5-6-13(12)19-15(14)16(21)22/h5-6,9-10,19H,3-4,7-8H2,1-2H3/p+1. The monoisotopic (exact) mass is 363 g/mol. The zero-order valence-corrected chi connectivity index (χ0v) is 14.4. The number of nitrogens with zero attached hydrogens (tertiary/aromatic N) is 2. The van der Waals surface area contributed by atoms with E-state index in [0.29, 0.717) is 12.1 Å². The van der Waals surface area contributed by atoms with Crippen LogP contribution in [0.4, 0.5) is 0 Å². The second-order valence-corrected chi connectivity index (χ2v) is 6.40. The number of hydrogen-bond acceptors (Lipinski definition) is 2. The Bertz CT molecular complexity index is 864. The predicted molar refractivity (Wildman–Crippen MR) is 92.5 cm³/mol. The van der Waals surface area contributed by atoms with Gasteiger partial charge in [0.15, 0.2) is 0 Å². The Morgan fingerprint density at radius 1 is 1.32 bits per heavy atom. The van der Waals surface area contributed by atoms with Crippen LogP contribution in [0.25, 0.3) is 21.9 Å². The lowest BCUT2D eigenvalue weighted by Gasteiger charge is -2.15. The van der Waals surface area contributed by atoms with Crippen molar-refractivity contribution in [1.29, 1.82) is 0 Å². The van der Waals surface area contributed by atoms with Crippen molar-refractivity contribution in [3.63, 3.8) is 0 Å². The first-order valence-electron chi connectivity index (χ1n) is 7.64. The molecule has 0 radical (unpaired) electrons. The van der Waals surface area contributed by atoms with Gasteiger partial charge in [0, 0.05) is 15.4 Å². The van der Waals surface area contributed by atoms with Crippen molar-refractivity contribution in [2.45, 2.75) is 20.4 Å². The largest absolute Gasteiger partial charge is 0.349 e. The molecule has 0 amide bonds. The average Bonchev–Trinajstić information content (AvgIpc) is 2.89. The number of hydrogen-bond donors (Lipinski definition) is 2. The maximum absolute atomic E-state index is 12.6. The molecule has 1 aromatic carbocycles. The summed E-state index contributed by atoms with van der Waals surface area (Å²) in [6.07, 6.45) is 1.67. The lowest BCUT2D eigenvalue weighted by atomic mass is 10.2. The number of H-pyrrole nitrogens is 1. The summed E-state index contributed by atoms with van der Waals surface area (Å²) in [7, 11) is 0. The van der Waals surface area contributed by atoms with Crippen LogP contribution in [0.15, 0.2) is 33.8 Å². The van der Waals surface area contributed by atoms with Crippen molar-refractivity contribution in [3.05, 3.63) is 39.4 Å². The molecule has 0 bridgehead atoms. The fraction of sp³-hybridized carbons (Fsp3) is 0.375. The summed E-state index contributed by atoms with van der Waals surface area (Å²) >= 11 is 3.46. The molecule has 0 aliphatic carbocycles. The first-order valence-corrected chi connectivity index (χ1v) is 8.43. The molecule has 0 saturated carbocycles. The summed E-state index contributed by atoms with van der Waals surface area (Å²) in [4.78, 5) is 21.8. The molecule has 0 fully saturated rings. The average molecular weight is 364 g/mol. The fourth-order valence-electron chi connectivity index (χ4n) is 2.80. The first kappa shape index (κ1) is 15.2.